The number of hydrogen-bond acceptors (Lipinski definition) is 5. The van der Waals surface area contributed by atoms with Gasteiger partial charge in [-0.25, -0.2) is 9.97 Å². The van der Waals surface area contributed by atoms with Crippen molar-refractivity contribution in [2.75, 3.05) is 7.11 Å². The maximum Gasteiger partial charge on any atom is 0.262 e. The van der Waals surface area contributed by atoms with Crippen molar-refractivity contribution < 1.29 is 9.53 Å². The van der Waals surface area contributed by atoms with E-state index >= 15 is 0 Å². The van der Waals surface area contributed by atoms with E-state index in [4.69, 9.17) is 9.72 Å². The van der Waals surface area contributed by atoms with Crippen molar-refractivity contribution in [2.24, 2.45) is 0 Å². The van der Waals surface area contributed by atoms with Crippen molar-refractivity contribution in [3.05, 3.63) is 51.8 Å². The zero-order valence-electron chi connectivity index (χ0n) is 16.0. The first-order valence-corrected chi connectivity index (χ1v) is 10.0. The van der Waals surface area contributed by atoms with Gasteiger partial charge in [-0.15, -0.1) is 11.3 Å². The number of benzene rings is 1. The summed E-state index contributed by atoms with van der Waals surface area (Å²) in [6.45, 7) is 5.96. The summed E-state index contributed by atoms with van der Waals surface area (Å²) in [5, 5.41) is 4.11. The maximum atomic E-state index is 13.0. The molecular weight excluding hydrogens is 358 g/mol. The van der Waals surface area contributed by atoms with Gasteiger partial charge >= 0.3 is 0 Å². The summed E-state index contributed by atoms with van der Waals surface area (Å²) in [5.41, 5.74) is 2.88. The van der Waals surface area contributed by atoms with Crippen LogP contribution in [0.5, 0.6) is 5.75 Å². The summed E-state index contributed by atoms with van der Waals surface area (Å²) < 4.78 is 5.42. The van der Waals surface area contributed by atoms with Crippen molar-refractivity contribution in [3.8, 4) is 5.75 Å². The Bertz CT molecular complexity index is 1020. The van der Waals surface area contributed by atoms with Crippen LogP contribution < -0.4 is 10.1 Å². The zero-order chi connectivity index (χ0) is 19.1. The van der Waals surface area contributed by atoms with E-state index in [1.54, 1.807) is 7.11 Å². The summed E-state index contributed by atoms with van der Waals surface area (Å²) >= 11 is 1.46. The SMILES string of the molecule is COc1ccccc1[C@H](C)NC(=O)c1sc2nc(C3CC3)nc(C)c2c1C. The fraction of sp³-hybridized carbons (Fsp3) is 0.381. The van der Waals surface area contributed by atoms with Crippen LogP contribution in [-0.4, -0.2) is 23.0 Å². The van der Waals surface area contributed by atoms with E-state index < -0.39 is 0 Å². The molecule has 3 aromatic rings. The highest BCUT2D eigenvalue weighted by atomic mass is 32.1. The number of nitrogens with zero attached hydrogens (tertiary/aromatic N) is 2. The number of para-hydroxylation sites is 1. The van der Waals surface area contributed by atoms with Crippen molar-refractivity contribution in [3.63, 3.8) is 0 Å². The Balaban J connectivity index is 1.64. The van der Waals surface area contributed by atoms with E-state index in [1.165, 1.54) is 24.2 Å². The number of rotatable bonds is 5. The molecule has 1 aliphatic rings. The van der Waals surface area contributed by atoms with E-state index in [1.807, 2.05) is 45.0 Å². The van der Waals surface area contributed by atoms with Crippen LogP contribution in [0.25, 0.3) is 10.2 Å². The van der Waals surface area contributed by atoms with Gasteiger partial charge in [0.2, 0.25) is 0 Å². The lowest BCUT2D eigenvalue weighted by Crippen LogP contribution is -2.26. The Morgan fingerprint density at radius 1 is 1.26 bits per heavy atom. The van der Waals surface area contributed by atoms with Gasteiger partial charge in [-0.05, 0) is 45.2 Å². The second-order valence-corrected chi connectivity index (χ2v) is 8.11. The minimum atomic E-state index is -0.160. The number of amides is 1. The highest BCUT2D eigenvalue weighted by Gasteiger charge is 2.28. The van der Waals surface area contributed by atoms with Gasteiger partial charge in [-0.3, -0.25) is 4.79 Å². The van der Waals surface area contributed by atoms with Crippen LogP contribution in [0, 0.1) is 13.8 Å². The second kappa shape index (κ2) is 6.93. The van der Waals surface area contributed by atoms with E-state index in [-0.39, 0.29) is 11.9 Å². The predicted molar refractivity (Wildman–Crippen MR) is 108 cm³/mol. The quantitative estimate of drug-likeness (QED) is 0.697. The molecule has 140 valence electrons. The number of carbonyl (C=O) groups is 1. The lowest BCUT2D eigenvalue weighted by Gasteiger charge is -2.17. The van der Waals surface area contributed by atoms with Gasteiger partial charge in [-0.1, -0.05) is 18.2 Å². The summed E-state index contributed by atoms with van der Waals surface area (Å²) in [6.07, 6.45) is 2.33. The third-order valence-corrected chi connectivity index (χ3v) is 6.27. The molecule has 0 spiro atoms. The maximum absolute atomic E-state index is 13.0. The van der Waals surface area contributed by atoms with Gasteiger partial charge in [0.25, 0.3) is 5.91 Å². The molecule has 0 unspecified atom stereocenters. The van der Waals surface area contributed by atoms with Crippen LogP contribution in [0.2, 0.25) is 0 Å². The molecule has 0 aliphatic heterocycles. The van der Waals surface area contributed by atoms with Crippen molar-refractivity contribution >= 4 is 27.5 Å². The fourth-order valence-electron chi connectivity index (χ4n) is 3.46. The first kappa shape index (κ1) is 17.9. The molecule has 1 aromatic carbocycles. The lowest BCUT2D eigenvalue weighted by molar-refractivity contribution is 0.0943. The first-order valence-electron chi connectivity index (χ1n) is 9.21. The monoisotopic (exact) mass is 381 g/mol. The third kappa shape index (κ3) is 3.30. The molecule has 27 heavy (non-hydrogen) atoms. The summed E-state index contributed by atoms with van der Waals surface area (Å²) in [5.74, 6) is 2.12. The van der Waals surface area contributed by atoms with E-state index in [2.05, 4.69) is 10.3 Å². The minimum absolute atomic E-state index is 0.0821. The normalized spacial score (nSPS) is 15.0. The number of aryl methyl sites for hydroxylation is 2. The van der Waals surface area contributed by atoms with Gasteiger partial charge < -0.3 is 10.1 Å². The van der Waals surface area contributed by atoms with Crippen LogP contribution in [0.4, 0.5) is 0 Å². The number of thiophene rings is 1. The summed E-state index contributed by atoms with van der Waals surface area (Å²) in [4.78, 5) is 24.0. The predicted octanol–water partition coefficient (Wildman–Crippen LogP) is 4.69. The van der Waals surface area contributed by atoms with Gasteiger partial charge in [0.05, 0.1) is 23.7 Å². The standard InChI is InChI=1S/C21H23N3O2S/c1-11-17-13(3)22-19(14-9-10-14)24-21(17)27-18(11)20(25)23-12(2)15-7-5-6-8-16(15)26-4/h5-8,12,14H,9-10H2,1-4H3,(H,23,25)/t12-/m0/s1. The van der Waals surface area contributed by atoms with Crippen LogP contribution in [-0.2, 0) is 0 Å². The highest BCUT2D eigenvalue weighted by Crippen LogP contribution is 2.40. The first-order chi connectivity index (χ1) is 13.0. The number of nitrogens with one attached hydrogen (secondary N) is 1. The van der Waals surface area contributed by atoms with Gasteiger partial charge in [0.1, 0.15) is 16.4 Å². The lowest BCUT2D eigenvalue weighted by atomic mass is 10.1. The Morgan fingerprint density at radius 3 is 2.70 bits per heavy atom. The van der Waals surface area contributed by atoms with E-state index in [0.717, 1.165) is 38.6 Å². The smallest absolute Gasteiger partial charge is 0.262 e. The topological polar surface area (TPSA) is 64.1 Å². The van der Waals surface area contributed by atoms with Gasteiger partial charge in [0, 0.05) is 16.9 Å². The highest BCUT2D eigenvalue weighted by molar-refractivity contribution is 7.20. The molecule has 2 heterocycles. The number of ether oxygens (including phenoxy) is 1. The molecule has 2 aromatic heterocycles. The Kier molecular flexibility index (Phi) is 4.60. The molecule has 1 saturated carbocycles. The van der Waals surface area contributed by atoms with Crippen LogP contribution in [0.15, 0.2) is 24.3 Å². The molecule has 0 radical (unpaired) electrons. The molecule has 1 aliphatic carbocycles. The molecule has 5 nitrogen and oxygen atoms in total. The molecule has 4 rings (SSSR count). The largest absolute Gasteiger partial charge is 0.496 e. The number of hydrogen-bond donors (Lipinski definition) is 1. The minimum Gasteiger partial charge on any atom is -0.496 e. The molecule has 1 N–H and O–H groups in total. The summed E-state index contributed by atoms with van der Waals surface area (Å²) in [6, 6.07) is 7.59. The van der Waals surface area contributed by atoms with E-state index in [9.17, 15) is 4.79 Å². The number of fused-ring (bicyclic) bond motifs is 1. The second-order valence-electron chi connectivity index (χ2n) is 7.11. The Hall–Kier alpha value is -2.47. The third-order valence-electron chi connectivity index (χ3n) is 5.09. The molecule has 1 fully saturated rings. The number of carbonyl (C=O) groups excluding carboxylic acids is 1. The molecule has 0 bridgehead atoms. The molecule has 1 atom stereocenters. The number of aromatic nitrogens is 2. The van der Waals surface area contributed by atoms with Gasteiger partial charge in [0.15, 0.2) is 0 Å². The summed E-state index contributed by atoms with van der Waals surface area (Å²) in [7, 11) is 1.64. The fourth-order valence-corrected chi connectivity index (χ4v) is 4.61. The number of methoxy groups -OCH3 is 1. The Labute approximate surface area is 162 Å². The van der Waals surface area contributed by atoms with Crippen molar-refractivity contribution in [2.45, 2.75) is 45.6 Å². The van der Waals surface area contributed by atoms with Crippen LogP contribution >= 0.6 is 11.3 Å². The average Bonchev–Trinajstić information content (AvgIpc) is 3.45. The van der Waals surface area contributed by atoms with Crippen LogP contribution in [0.3, 0.4) is 0 Å². The van der Waals surface area contributed by atoms with Crippen LogP contribution in [0.1, 0.15) is 64.0 Å². The molecule has 6 heteroatoms. The van der Waals surface area contributed by atoms with Crippen molar-refractivity contribution in [1.29, 1.82) is 0 Å². The van der Waals surface area contributed by atoms with E-state index in [0.29, 0.717) is 10.8 Å². The molecule has 0 saturated heterocycles. The average molecular weight is 382 g/mol. The zero-order valence-corrected chi connectivity index (χ0v) is 16.8. The molecule has 1 amide bonds. The van der Waals surface area contributed by atoms with Crippen molar-refractivity contribution in [1.82, 2.24) is 15.3 Å². The Morgan fingerprint density at radius 2 is 2.00 bits per heavy atom. The van der Waals surface area contributed by atoms with Gasteiger partial charge in [-0.2, -0.15) is 0 Å². The molecular formula is C21H23N3O2S.